The maximum atomic E-state index is 8.82. The lowest BCUT2D eigenvalue weighted by Gasteiger charge is -2.06. The molecule has 3 nitrogen and oxygen atoms in total. The van der Waals surface area contributed by atoms with Crippen molar-refractivity contribution < 1.29 is 4.74 Å². The molecule has 0 atom stereocenters. The first-order chi connectivity index (χ1) is 8.60. The number of hydrogen-bond acceptors (Lipinski definition) is 3. The second-order valence-corrected chi connectivity index (χ2v) is 4.47. The number of hydrogen-bond donors (Lipinski definition) is 0. The van der Waals surface area contributed by atoms with Gasteiger partial charge in [-0.05, 0) is 12.1 Å². The molecule has 0 aliphatic rings. The van der Waals surface area contributed by atoms with Crippen molar-refractivity contribution in [1.82, 2.24) is 4.98 Å². The highest BCUT2D eigenvalue weighted by molar-refractivity contribution is 6.42. The molecule has 0 aliphatic carbocycles. The van der Waals surface area contributed by atoms with Gasteiger partial charge in [0.25, 0.3) is 0 Å². The Kier molecular flexibility index (Phi) is 3.93. The monoisotopic (exact) mass is 298 g/mol. The molecule has 2 rings (SSSR count). The van der Waals surface area contributed by atoms with Crippen molar-refractivity contribution >= 4 is 34.8 Å². The predicted molar refractivity (Wildman–Crippen MR) is 70.5 cm³/mol. The molecule has 1 aromatic heterocycles. The van der Waals surface area contributed by atoms with E-state index in [9.17, 15) is 0 Å². The largest absolute Gasteiger partial charge is 0.456 e. The molecule has 0 saturated carbocycles. The van der Waals surface area contributed by atoms with Crippen molar-refractivity contribution in [3.8, 4) is 17.6 Å². The quantitative estimate of drug-likeness (QED) is 0.755. The van der Waals surface area contributed by atoms with E-state index in [0.29, 0.717) is 21.5 Å². The lowest BCUT2D eigenvalue weighted by atomic mass is 10.3. The molecule has 1 heterocycles. The van der Waals surface area contributed by atoms with Gasteiger partial charge in [0.05, 0.1) is 21.8 Å². The summed E-state index contributed by atoms with van der Waals surface area (Å²) in [6, 6.07) is 8.27. The van der Waals surface area contributed by atoms with E-state index in [1.54, 1.807) is 18.2 Å². The third-order valence-electron chi connectivity index (χ3n) is 2.06. The maximum absolute atomic E-state index is 8.82. The van der Waals surface area contributed by atoms with Crippen LogP contribution in [0.2, 0.25) is 15.2 Å². The molecule has 18 heavy (non-hydrogen) atoms. The zero-order valence-electron chi connectivity index (χ0n) is 8.82. The van der Waals surface area contributed by atoms with Crippen LogP contribution in [-0.2, 0) is 0 Å². The van der Waals surface area contributed by atoms with Crippen molar-refractivity contribution in [3.05, 3.63) is 51.2 Å². The molecule has 1 aromatic carbocycles. The van der Waals surface area contributed by atoms with Crippen LogP contribution in [-0.4, -0.2) is 4.98 Å². The Balaban J connectivity index is 2.29. The van der Waals surface area contributed by atoms with Crippen LogP contribution in [0.1, 0.15) is 5.56 Å². The first-order valence-corrected chi connectivity index (χ1v) is 5.92. The van der Waals surface area contributed by atoms with Crippen LogP contribution in [0, 0.1) is 11.3 Å². The van der Waals surface area contributed by atoms with Gasteiger partial charge in [-0.1, -0.05) is 34.8 Å². The van der Waals surface area contributed by atoms with Gasteiger partial charge in [0.15, 0.2) is 0 Å². The molecule has 0 fully saturated rings. The molecule has 0 radical (unpaired) electrons. The minimum absolute atomic E-state index is 0.138. The SMILES string of the molecule is N#Cc1cc(Oc2ccc(Cl)c(Cl)c2)cnc1Cl. The molecule has 0 saturated heterocycles. The van der Waals surface area contributed by atoms with Crippen LogP contribution in [0.5, 0.6) is 11.5 Å². The van der Waals surface area contributed by atoms with Crippen molar-refractivity contribution in [2.75, 3.05) is 0 Å². The van der Waals surface area contributed by atoms with E-state index in [-0.39, 0.29) is 10.7 Å². The van der Waals surface area contributed by atoms with Gasteiger partial charge in [-0.15, -0.1) is 0 Å². The minimum Gasteiger partial charge on any atom is -0.456 e. The zero-order chi connectivity index (χ0) is 13.1. The average molecular weight is 300 g/mol. The van der Waals surface area contributed by atoms with Gasteiger partial charge in [0.2, 0.25) is 0 Å². The molecule has 90 valence electrons. The van der Waals surface area contributed by atoms with Crippen molar-refractivity contribution in [3.63, 3.8) is 0 Å². The van der Waals surface area contributed by atoms with E-state index >= 15 is 0 Å². The topological polar surface area (TPSA) is 45.9 Å². The van der Waals surface area contributed by atoms with Gasteiger partial charge in [0.1, 0.15) is 22.7 Å². The Labute approximate surface area is 118 Å². The standard InChI is InChI=1S/C12H5Cl3N2O/c13-10-2-1-8(4-11(10)14)18-9-3-7(5-16)12(15)17-6-9/h1-4,6H. The van der Waals surface area contributed by atoms with Gasteiger partial charge < -0.3 is 4.74 Å². The van der Waals surface area contributed by atoms with Crippen LogP contribution in [0.3, 0.4) is 0 Å². The highest BCUT2D eigenvalue weighted by Crippen LogP contribution is 2.30. The van der Waals surface area contributed by atoms with Crippen LogP contribution >= 0.6 is 34.8 Å². The van der Waals surface area contributed by atoms with Crippen LogP contribution < -0.4 is 4.74 Å². The summed E-state index contributed by atoms with van der Waals surface area (Å²) in [6.45, 7) is 0. The lowest BCUT2D eigenvalue weighted by Crippen LogP contribution is -1.88. The first-order valence-electron chi connectivity index (χ1n) is 4.78. The van der Waals surface area contributed by atoms with E-state index in [1.807, 2.05) is 6.07 Å². The molecule has 0 spiro atoms. The number of ether oxygens (including phenoxy) is 1. The molecule has 0 amide bonds. The Bertz CT molecular complexity index is 638. The number of nitriles is 1. The van der Waals surface area contributed by atoms with Crippen molar-refractivity contribution in [2.45, 2.75) is 0 Å². The molecule has 0 unspecified atom stereocenters. The Morgan fingerprint density at radius 3 is 2.50 bits per heavy atom. The summed E-state index contributed by atoms with van der Waals surface area (Å²) < 4.78 is 5.50. The third-order valence-corrected chi connectivity index (χ3v) is 3.10. The zero-order valence-corrected chi connectivity index (χ0v) is 11.1. The Morgan fingerprint density at radius 1 is 1.06 bits per heavy atom. The second-order valence-electron chi connectivity index (χ2n) is 3.30. The molecule has 0 bridgehead atoms. The van der Waals surface area contributed by atoms with Gasteiger partial charge in [-0.25, -0.2) is 4.98 Å². The number of rotatable bonds is 2. The molecular formula is C12H5Cl3N2O. The fourth-order valence-corrected chi connectivity index (χ4v) is 1.67. The van der Waals surface area contributed by atoms with E-state index in [1.165, 1.54) is 12.3 Å². The van der Waals surface area contributed by atoms with Crippen molar-refractivity contribution in [2.24, 2.45) is 0 Å². The number of pyridine rings is 1. The van der Waals surface area contributed by atoms with E-state index in [4.69, 9.17) is 44.8 Å². The van der Waals surface area contributed by atoms with Gasteiger partial charge >= 0.3 is 0 Å². The summed E-state index contributed by atoms with van der Waals surface area (Å²) in [4.78, 5) is 3.84. The smallest absolute Gasteiger partial charge is 0.147 e. The van der Waals surface area contributed by atoms with Gasteiger partial charge in [0, 0.05) is 12.1 Å². The fourth-order valence-electron chi connectivity index (χ4n) is 1.24. The normalized spacial score (nSPS) is 9.89. The summed E-state index contributed by atoms with van der Waals surface area (Å²) >= 11 is 17.4. The van der Waals surface area contributed by atoms with E-state index < -0.39 is 0 Å². The molecule has 2 aromatic rings. The highest BCUT2D eigenvalue weighted by atomic mass is 35.5. The van der Waals surface area contributed by atoms with Crippen LogP contribution in [0.15, 0.2) is 30.5 Å². The summed E-state index contributed by atoms with van der Waals surface area (Å²) in [5.41, 5.74) is 0.245. The summed E-state index contributed by atoms with van der Waals surface area (Å²) in [5, 5.41) is 9.79. The van der Waals surface area contributed by atoms with E-state index in [2.05, 4.69) is 4.98 Å². The highest BCUT2D eigenvalue weighted by Gasteiger charge is 2.06. The molecule has 6 heteroatoms. The molecule has 0 N–H and O–H groups in total. The number of nitrogens with zero attached hydrogens (tertiary/aromatic N) is 2. The summed E-state index contributed by atoms with van der Waals surface area (Å²) in [5.74, 6) is 0.895. The van der Waals surface area contributed by atoms with E-state index in [0.717, 1.165) is 0 Å². The fraction of sp³-hybridized carbons (Fsp3) is 0. The predicted octanol–water partition coefficient (Wildman–Crippen LogP) is 4.71. The Hall–Kier alpha value is -1.47. The average Bonchev–Trinajstić information content (AvgIpc) is 2.36. The first kappa shape index (κ1) is 13.0. The second kappa shape index (κ2) is 5.45. The number of aromatic nitrogens is 1. The summed E-state index contributed by atoms with van der Waals surface area (Å²) in [7, 11) is 0. The lowest BCUT2D eigenvalue weighted by molar-refractivity contribution is 0.480. The maximum Gasteiger partial charge on any atom is 0.147 e. The molecule has 0 aliphatic heterocycles. The number of halogens is 3. The van der Waals surface area contributed by atoms with Gasteiger partial charge in [-0.2, -0.15) is 5.26 Å². The minimum atomic E-state index is 0.138. The van der Waals surface area contributed by atoms with Crippen molar-refractivity contribution in [1.29, 1.82) is 5.26 Å². The summed E-state index contributed by atoms with van der Waals surface area (Å²) in [6.07, 6.45) is 1.42. The number of benzene rings is 1. The third kappa shape index (κ3) is 2.85. The van der Waals surface area contributed by atoms with Crippen LogP contribution in [0.4, 0.5) is 0 Å². The van der Waals surface area contributed by atoms with Crippen LogP contribution in [0.25, 0.3) is 0 Å². The Morgan fingerprint density at radius 2 is 1.83 bits per heavy atom. The van der Waals surface area contributed by atoms with Gasteiger partial charge in [-0.3, -0.25) is 0 Å². The molecular weight excluding hydrogens is 295 g/mol.